The van der Waals surface area contributed by atoms with E-state index in [1.807, 2.05) is 193 Å². The van der Waals surface area contributed by atoms with E-state index in [1.165, 1.54) is 12.7 Å². The number of fused-ring (bicyclic) bond motifs is 3. The molecule has 6 heterocycles. The topological polar surface area (TPSA) is 328 Å². The first-order chi connectivity index (χ1) is 49.6. The number of aromatic nitrogens is 12. The van der Waals surface area contributed by atoms with Crippen molar-refractivity contribution >= 4 is 68.3 Å². The number of carbonyl (C=O) groups excluding carboxylic acids is 3. The highest BCUT2D eigenvalue weighted by Crippen LogP contribution is 2.39. The Labute approximate surface area is 590 Å². The number of hydrogen-bond acceptors (Lipinski definition) is 17. The highest BCUT2D eigenvalue weighted by molar-refractivity contribution is 6.01. The predicted octanol–water partition coefficient (Wildman–Crippen LogP) is 12.0. The number of amides is 3. The Morgan fingerprint density at radius 3 is 1.21 bits per heavy atom. The zero-order chi connectivity index (χ0) is 71.0. The maximum absolute atomic E-state index is 12.6. The smallest absolute Gasteiger partial charge is 0.251 e. The number of anilines is 3. The molecule has 6 unspecified atom stereocenters. The molecule has 3 aliphatic rings. The number of aliphatic hydroxyl groups excluding tert-OH is 1. The molecule has 0 bridgehead atoms. The van der Waals surface area contributed by atoms with Gasteiger partial charge >= 0.3 is 0 Å². The Hall–Kier alpha value is -12.1. The van der Waals surface area contributed by atoms with Gasteiger partial charge in [0.2, 0.25) is 0 Å². The molecule has 0 saturated carbocycles. The van der Waals surface area contributed by atoms with Gasteiger partial charge in [-0.3, -0.25) is 14.4 Å². The van der Waals surface area contributed by atoms with Gasteiger partial charge in [0.05, 0.1) is 40.4 Å². The SMILES string of the molecule is CCCNc1ncnc2c1c(-c1ccc(CNC(=O)c3ccccc3C)cc1)nn2C1C=CC(O)C1.Cc1ccccc1C(=O)NCc1ccc(-c2nn(C3C=CC(C)C3)c3ncnc(N)c23)cc1.Cc1ccccc1C(=O)NCc1ccc(-c2nn(C3C=CC(N)C3)c3ncnc(N)c23)cc1. The minimum atomic E-state index is -0.480. The van der Waals surface area contributed by atoms with Crippen molar-refractivity contribution in [1.82, 2.24) is 75.2 Å². The van der Waals surface area contributed by atoms with Gasteiger partial charge in [-0.1, -0.05) is 178 Å². The first kappa shape index (κ1) is 68.4. The summed E-state index contributed by atoms with van der Waals surface area (Å²) in [4.78, 5) is 63.9. The molecule has 15 rings (SSSR count). The van der Waals surface area contributed by atoms with Crippen LogP contribution < -0.4 is 38.5 Å². The van der Waals surface area contributed by atoms with Crippen molar-refractivity contribution in [2.75, 3.05) is 23.3 Å². The highest BCUT2D eigenvalue weighted by atomic mass is 16.3. The molecule has 23 heteroatoms. The highest BCUT2D eigenvalue weighted by Gasteiger charge is 2.29. The van der Waals surface area contributed by atoms with Gasteiger partial charge in [-0.05, 0) is 97.5 Å². The molecule has 3 aliphatic carbocycles. The fourth-order valence-electron chi connectivity index (χ4n) is 13.1. The number of aliphatic hydroxyl groups is 1. The average molecular weight is 1360 g/mol. The standard InChI is InChI=1S/C28H30N6O2.C26H26N6O.C25H25N7O/c1-3-14-29-26-24-25(33-34(27(24)32-17-31-26)21-12-13-22(35)15-21)20-10-8-19(9-11-20)16-30-28(36)23-7-5-4-6-18(23)2;1-16-7-12-20(13-16)32-25-22(24(27)29-15-30-25)23(31-32)19-10-8-18(9-11-19)14-28-26(33)21-6-4-3-5-17(21)2;1-15-4-2-3-5-20(15)25(33)28-13-16-6-8-17(9-7-16)22-21-23(27)29-14-30-24(21)32(31-22)19-11-10-18(26)12-19/h4-13,17,21-22,35H,3,14-16H2,1-2H3,(H,30,36)(H,29,31,32);3-12,15-16,20H,13-14H2,1-2H3,(H,28,33)(H2,27,29,30);2-11,14,18-19H,12-13,26H2,1H3,(H,28,33)(H2,27,29,30). The second kappa shape index (κ2) is 30.6. The molecule has 6 aromatic heterocycles. The lowest BCUT2D eigenvalue weighted by Gasteiger charge is -2.10. The summed E-state index contributed by atoms with van der Waals surface area (Å²) in [6.45, 7) is 12.2. The molecule has 516 valence electrons. The van der Waals surface area contributed by atoms with Gasteiger partial charge < -0.3 is 43.6 Å². The van der Waals surface area contributed by atoms with Gasteiger partial charge in [-0.15, -0.1) is 0 Å². The number of nitrogens with two attached hydrogens (primary N) is 3. The van der Waals surface area contributed by atoms with E-state index in [1.54, 1.807) is 12.4 Å². The van der Waals surface area contributed by atoms with E-state index in [9.17, 15) is 19.5 Å². The van der Waals surface area contributed by atoms with Crippen molar-refractivity contribution in [3.63, 3.8) is 0 Å². The van der Waals surface area contributed by atoms with E-state index in [2.05, 4.69) is 83.2 Å². The number of allylic oxidation sites excluding steroid dienone is 4. The minimum absolute atomic E-state index is 0.00560. The Balaban J connectivity index is 0.000000137. The molecular weight excluding hydrogens is 1280 g/mol. The first-order valence-corrected chi connectivity index (χ1v) is 34.3. The molecule has 11 N–H and O–H groups in total. The maximum atomic E-state index is 12.6. The summed E-state index contributed by atoms with van der Waals surface area (Å²) in [7, 11) is 0. The monoisotopic (exact) mass is 1360 g/mol. The quantitative estimate of drug-likeness (QED) is 0.0370. The Morgan fingerprint density at radius 1 is 0.461 bits per heavy atom. The average Bonchev–Trinajstić information content (AvgIpc) is 1.62. The molecule has 0 spiro atoms. The third-order valence-corrected chi connectivity index (χ3v) is 18.6. The second-order valence-corrected chi connectivity index (χ2v) is 26.0. The number of aryl methyl sites for hydroxylation is 3. The van der Waals surface area contributed by atoms with E-state index < -0.39 is 6.10 Å². The normalized spacial score (nSPS) is 17.3. The minimum Gasteiger partial charge on any atom is -0.389 e. The van der Waals surface area contributed by atoms with Gasteiger partial charge in [-0.2, -0.15) is 15.3 Å². The maximum Gasteiger partial charge on any atom is 0.251 e. The van der Waals surface area contributed by atoms with E-state index in [4.69, 9.17) is 32.5 Å². The summed E-state index contributed by atoms with van der Waals surface area (Å²) in [5, 5.41) is 39.5. The van der Waals surface area contributed by atoms with Crippen LogP contribution in [0.1, 0.15) is 122 Å². The summed E-state index contributed by atoms with van der Waals surface area (Å²) in [6.07, 6.45) is 19.5. The summed E-state index contributed by atoms with van der Waals surface area (Å²) in [5.74, 6) is 1.82. The summed E-state index contributed by atoms with van der Waals surface area (Å²) in [6, 6.07) is 46.7. The van der Waals surface area contributed by atoms with Gasteiger partial charge in [0.15, 0.2) is 16.9 Å². The third-order valence-electron chi connectivity index (χ3n) is 18.6. The van der Waals surface area contributed by atoms with E-state index in [0.29, 0.717) is 65.9 Å². The van der Waals surface area contributed by atoms with Crippen molar-refractivity contribution in [3.05, 3.63) is 251 Å². The summed E-state index contributed by atoms with van der Waals surface area (Å²) >= 11 is 0. The van der Waals surface area contributed by atoms with Crippen LogP contribution in [0.15, 0.2) is 201 Å². The molecule has 6 aromatic carbocycles. The van der Waals surface area contributed by atoms with Crippen LogP contribution in [-0.4, -0.2) is 101 Å². The zero-order valence-electron chi connectivity index (χ0n) is 57.4. The lowest BCUT2D eigenvalue weighted by molar-refractivity contribution is 0.0942. The zero-order valence-corrected chi connectivity index (χ0v) is 57.4. The van der Waals surface area contributed by atoms with Crippen molar-refractivity contribution in [1.29, 1.82) is 0 Å². The van der Waals surface area contributed by atoms with Crippen LogP contribution in [0.4, 0.5) is 17.5 Å². The van der Waals surface area contributed by atoms with E-state index in [-0.39, 0.29) is 41.9 Å². The Morgan fingerprint density at radius 2 is 0.833 bits per heavy atom. The molecule has 23 nitrogen and oxygen atoms in total. The van der Waals surface area contributed by atoms with Crippen LogP contribution in [0.25, 0.3) is 66.9 Å². The molecule has 0 fully saturated rings. The molecule has 0 radical (unpaired) electrons. The summed E-state index contributed by atoms with van der Waals surface area (Å²) in [5.41, 5.74) is 33.6. The van der Waals surface area contributed by atoms with Gasteiger partial charge in [0.25, 0.3) is 17.7 Å². The number of hydrogen-bond donors (Lipinski definition) is 8. The van der Waals surface area contributed by atoms with Gasteiger partial charge in [-0.25, -0.2) is 43.9 Å². The van der Waals surface area contributed by atoms with Crippen LogP contribution in [-0.2, 0) is 19.6 Å². The molecule has 102 heavy (non-hydrogen) atoms. The first-order valence-electron chi connectivity index (χ1n) is 34.3. The summed E-state index contributed by atoms with van der Waals surface area (Å²) < 4.78 is 5.72. The van der Waals surface area contributed by atoms with Crippen LogP contribution >= 0.6 is 0 Å². The molecule has 0 aliphatic heterocycles. The molecule has 3 amide bonds. The number of nitrogen functional groups attached to an aromatic ring is 2. The van der Waals surface area contributed by atoms with Crippen LogP contribution in [0.2, 0.25) is 0 Å². The van der Waals surface area contributed by atoms with Crippen LogP contribution in [0, 0.1) is 26.7 Å². The van der Waals surface area contributed by atoms with Crippen molar-refractivity contribution in [2.24, 2.45) is 11.7 Å². The van der Waals surface area contributed by atoms with Crippen molar-refractivity contribution in [2.45, 2.75) is 110 Å². The van der Waals surface area contributed by atoms with Gasteiger partial charge in [0, 0.05) is 72.0 Å². The number of nitrogens with one attached hydrogen (secondary N) is 4. The van der Waals surface area contributed by atoms with Crippen LogP contribution in [0.3, 0.4) is 0 Å². The molecular formula is C79H81N19O4. The Kier molecular flexibility index (Phi) is 20.5. The van der Waals surface area contributed by atoms with Gasteiger partial charge in [0.1, 0.15) is 53.5 Å². The number of carbonyl (C=O) groups is 3. The third kappa shape index (κ3) is 14.9. The fourth-order valence-corrected chi connectivity index (χ4v) is 13.1. The van der Waals surface area contributed by atoms with E-state index >= 15 is 0 Å². The van der Waals surface area contributed by atoms with Crippen molar-refractivity contribution in [3.8, 4) is 33.8 Å². The van der Waals surface area contributed by atoms with E-state index in [0.717, 1.165) is 126 Å². The fraction of sp³-hybridized carbons (Fsp3) is 0.241. The molecule has 0 saturated heterocycles. The predicted molar refractivity (Wildman–Crippen MR) is 398 cm³/mol. The number of benzene rings is 6. The molecule has 12 aromatic rings. The van der Waals surface area contributed by atoms with Crippen molar-refractivity contribution < 1.29 is 19.5 Å². The van der Waals surface area contributed by atoms with Crippen LogP contribution in [0.5, 0.6) is 0 Å². The second-order valence-electron chi connectivity index (χ2n) is 26.0. The largest absolute Gasteiger partial charge is 0.389 e. The Bertz CT molecular complexity index is 4920. The number of nitrogens with zero attached hydrogens (tertiary/aromatic N) is 12. The lowest BCUT2D eigenvalue weighted by Crippen LogP contribution is -2.23. The lowest BCUT2D eigenvalue weighted by atomic mass is 10.1. The molecule has 6 atom stereocenters. The number of rotatable bonds is 18.